The zero-order valence-corrected chi connectivity index (χ0v) is 14.2. The van der Waals surface area contributed by atoms with Crippen molar-refractivity contribution >= 4 is 0 Å². The molecule has 2 fully saturated rings. The molecule has 1 saturated heterocycles. The number of aliphatic hydroxyl groups excluding tert-OH is 1. The van der Waals surface area contributed by atoms with Crippen molar-refractivity contribution in [3.05, 3.63) is 23.9 Å². The smallest absolute Gasteiger partial charge is 0.213 e. The largest absolute Gasteiger partial charge is 0.478 e. The number of hydrogen-bond donors (Lipinski definition) is 1. The van der Waals surface area contributed by atoms with Crippen LogP contribution in [0.3, 0.4) is 0 Å². The molecular weight excluding hydrogens is 290 g/mol. The zero-order chi connectivity index (χ0) is 16.1. The van der Waals surface area contributed by atoms with E-state index in [1.54, 1.807) is 0 Å². The Morgan fingerprint density at radius 3 is 2.83 bits per heavy atom. The van der Waals surface area contributed by atoms with Crippen LogP contribution < -0.4 is 4.74 Å². The summed E-state index contributed by atoms with van der Waals surface area (Å²) >= 11 is 0. The van der Waals surface area contributed by atoms with Gasteiger partial charge < -0.3 is 9.84 Å². The summed E-state index contributed by atoms with van der Waals surface area (Å²) in [5.41, 5.74) is 1.23. The molecule has 1 N–H and O–H groups in total. The Kier molecular flexibility index (Phi) is 5.86. The normalized spacial score (nSPS) is 23.1. The highest BCUT2D eigenvalue weighted by Gasteiger charge is 2.31. The van der Waals surface area contributed by atoms with Crippen LogP contribution in [0.25, 0.3) is 0 Å². The maximum Gasteiger partial charge on any atom is 0.213 e. The Bertz CT molecular complexity index is 476. The Morgan fingerprint density at radius 2 is 2.17 bits per heavy atom. The standard InChI is InChI=1S/C18H29N3O2/c1-2-23-18-6-5-16(11-19-18)12-20-8-9-21(13-15-3-4-15)17(14-20)7-10-22/h5-6,11,15,17,22H,2-4,7-10,12-14H2,1H3. The van der Waals surface area contributed by atoms with Gasteiger partial charge in [0, 0.05) is 57.6 Å². The number of hydrogen-bond acceptors (Lipinski definition) is 5. The predicted molar refractivity (Wildman–Crippen MR) is 90.5 cm³/mol. The van der Waals surface area contributed by atoms with Crippen molar-refractivity contribution in [2.75, 3.05) is 39.4 Å². The van der Waals surface area contributed by atoms with Crippen LogP contribution in [-0.2, 0) is 6.54 Å². The molecule has 5 nitrogen and oxygen atoms in total. The summed E-state index contributed by atoms with van der Waals surface area (Å²) in [7, 11) is 0. The van der Waals surface area contributed by atoms with Gasteiger partial charge in [0.2, 0.25) is 5.88 Å². The number of nitrogens with zero attached hydrogens (tertiary/aromatic N) is 3. The summed E-state index contributed by atoms with van der Waals surface area (Å²) in [4.78, 5) is 9.44. The van der Waals surface area contributed by atoms with Crippen molar-refractivity contribution in [2.45, 2.75) is 38.8 Å². The topological polar surface area (TPSA) is 48.8 Å². The first-order valence-electron chi connectivity index (χ1n) is 8.93. The lowest BCUT2D eigenvalue weighted by atomic mass is 10.1. The van der Waals surface area contributed by atoms with Crippen molar-refractivity contribution < 1.29 is 9.84 Å². The van der Waals surface area contributed by atoms with E-state index in [2.05, 4.69) is 20.9 Å². The third kappa shape index (κ3) is 4.90. The van der Waals surface area contributed by atoms with Crippen LogP contribution in [0, 0.1) is 5.92 Å². The Morgan fingerprint density at radius 1 is 1.30 bits per heavy atom. The molecule has 0 aromatic carbocycles. The first kappa shape index (κ1) is 16.7. The van der Waals surface area contributed by atoms with Crippen molar-refractivity contribution in [3.8, 4) is 5.88 Å². The van der Waals surface area contributed by atoms with Crippen LogP contribution in [-0.4, -0.2) is 65.3 Å². The summed E-state index contributed by atoms with van der Waals surface area (Å²) in [6.07, 6.45) is 5.58. The van der Waals surface area contributed by atoms with Gasteiger partial charge in [-0.05, 0) is 37.7 Å². The molecule has 23 heavy (non-hydrogen) atoms. The van der Waals surface area contributed by atoms with E-state index in [0.29, 0.717) is 18.5 Å². The number of aromatic nitrogens is 1. The quantitative estimate of drug-likeness (QED) is 0.791. The fourth-order valence-corrected chi connectivity index (χ4v) is 3.39. The maximum atomic E-state index is 9.37. The van der Waals surface area contributed by atoms with Crippen LogP contribution in [0.4, 0.5) is 0 Å². The van der Waals surface area contributed by atoms with Crippen molar-refractivity contribution in [1.82, 2.24) is 14.8 Å². The van der Waals surface area contributed by atoms with E-state index >= 15 is 0 Å². The van der Waals surface area contributed by atoms with E-state index in [9.17, 15) is 5.11 Å². The number of pyridine rings is 1. The van der Waals surface area contributed by atoms with Gasteiger partial charge in [-0.1, -0.05) is 6.07 Å². The van der Waals surface area contributed by atoms with Crippen LogP contribution in [0.15, 0.2) is 18.3 Å². The van der Waals surface area contributed by atoms with Gasteiger partial charge in [-0.3, -0.25) is 9.80 Å². The third-order valence-corrected chi connectivity index (χ3v) is 4.84. The van der Waals surface area contributed by atoms with Crippen LogP contribution >= 0.6 is 0 Å². The van der Waals surface area contributed by atoms with Crippen LogP contribution in [0.5, 0.6) is 5.88 Å². The molecule has 1 saturated carbocycles. The summed E-state index contributed by atoms with van der Waals surface area (Å²) in [5, 5.41) is 9.37. The van der Waals surface area contributed by atoms with E-state index in [4.69, 9.17) is 4.74 Å². The minimum Gasteiger partial charge on any atom is -0.478 e. The minimum absolute atomic E-state index is 0.282. The second-order valence-electron chi connectivity index (χ2n) is 6.78. The second-order valence-corrected chi connectivity index (χ2v) is 6.78. The van der Waals surface area contributed by atoms with Gasteiger partial charge >= 0.3 is 0 Å². The molecule has 1 aromatic heterocycles. The van der Waals surface area contributed by atoms with E-state index in [-0.39, 0.29) is 6.61 Å². The summed E-state index contributed by atoms with van der Waals surface area (Å²) in [6.45, 7) is 8.32. The molecule has 1 aliphatic heterocycles. The molecule has 3 rings (SSSR count). The molecular formula is C18H29N3O2. The summed E-state index contributed by atoms with van der Waals surface area (Å²) < 4.78 is 5.40. The number of piperazine rings is 1. The number of aliphatic hydroxyl groups is 1. The van der Waals surface area contributed by atoms with E-state index in [1.165, 1.54) is 24.9 Å². The highest BCUT2D eigenvalue weighted by atomic mass is 16.5. The molecule has 1 aromatic rings. The van der Waals surface area contributed by atoms with E-state index in [1.807, 2.05) is 19.2 Å². The Hall–Kier alpha value is -1.17. The first-order chi connectivity index (χ1) is 11.3. The van der Waals surface area contributed by atoms with Gasteiger partial charge in [0.15, 0.2) is 0 Å². The highest BCUT2D eigenvalue weighted by molar-refractivity contribution is 5.17. The molecule has 128 valence electrons. The monoisotopic (exact) mass is 319 g/mol. The molecule has 0 spiro atoms. The summed E-state index contributed by atoms with van der Waals surface area (Å²) in [5.74, 6) is 1.61. The second kappa shape index (κ2) is 8.08. The molecule has 2 aliphatic rings. The predicted octanol–water partition coefficient (Wildman–Crippen LogP) is 1.76. The lowest BCUT2D eigenvalue weighted by molar-refractivity contribution is 0.0521. The van der Waals surface area contributed by atoms with E-state index in [0.717, 1.165) is 38.5 Å². The average Bonchev–Trinajstić information content (AvgIpc) is 3.36. The average molecular weight is 319 g/mol. The van der Waals surface area contributed by atoms with E-state index < -0.39 is 0 Å². The number of rotatable bonds is 8. The van der Waals surface area contributed by atoms with Crippen LogP contribution in [0.2, 0.25) is 0 Å². The van der Waals surface area contributed by atoms with Gasteiger partial charge in [0.25, 0.3) is 0 Å². The molecule has 0 radical (unpaired) electrons. The SMILES string of the molecule is CCOc1ccc(CN2CCN(CC3CC3)C(CCO)C2)cn1. The Balaban J connectivity index is 1.53. The van der Waals surface area contributed by atoms with Crippen LogP contribution in [0.1, 0.15) is 31.7 Å². The minimum atomic E-state index is 0.282. The Labute approximate surface area is 139 Å². The molecule has 2 heterocycles. The molecule has 0 bridgehead atoms. The molecule has 1 aliphatic carbocycles. The molecule has 1 atom stereocenters. The highest BCUT2D eigenvalue weighted by Crippen LogP contribution is 2.31. The van der Waals surface area contributed by atoms with Gasteiger partial charge in [0.05, 0.1) is 6.61 Å². The van der Waals surface area contributed by atoms with Gasteiger partial charge in [-0.2, -0.15) is 0 Å². The summed E-state index contributed by atoms with van der Waals surface area (Å²) in [6, 6.07) is 4.55. The molecule has 0 amide bonds. The maximum absolute atomic E-state index is 9.37. The lowest BCUT2D eigenvalue weighted by Gasteiger charge is -2.41. The lowest BCUT2D eigenvalue weighted by Crippen LogP contribution is -2.53. The van der Waals surface area contributed by atoms with Crippen molar-refractivity contribution in [1.29, 1.82) is 0 Å². The van der Waals surface area contributed by atoms with Gasteiger partial charge in [-0.25, -0.2) is 4.98 Å². The van der Waals surface area contributed by atoms with Crippen molar-refractivity contribution in [2.24, 2.45) is 5.92 Å². The van der Waals surface area contributed by atoms with Gasteiger partial charge in [0.1, 0.15) is 0 Å². The zero-order valence-electron chi connectivity index (χ0n) is 14.2. The number of ether oxygens (including phenoxy) is 1. The van der Waals surface area contributed by atoms with Gasteiger partial charge in [-0.15, -0.1) is 0 Å². The molecule has 5 heteroatoms. The van der Waals surface area contributed by atoms with Crippen molar-refractivity contribution in [3.63, 3.8) is 0 Å². The molecule has 1 unspecified atom stereocenters. The first-order valence-corrected chi connectivity index (χ1v) is 8.93. The fourth-order valence-electron chi connectivity index (χ4n) is 3.39. The third-order valence-electron chi connectivity index (χ3n) is 4.84. The fraction of sp³-hybridized carbons (Fsp3) is 0.722.